The molecule has 1 fully saturated rings. The minimum absolute atomic E-state index is 0.500. The number of hydrogen-bond acceptors (Lipinski definition) is 2. The molecule has 0 aliphatic carbocycles. The first-order chi connectivity index (χ1) is 8.86. The SMILES string of the molecule is C(#Cc1ccccc1)/C=C1\C=CC2(CCCO2)O1. The van der Waals surface area contributed by atoms with Crippen LogP contribution in [0.15, 0.2) is 54.3 Å². The Balaban J connectivity index is 1.69. The van der Waals surface area contributed by atoms with Crippen LogP contribution in [0.25, 0.3) is 0 Å². The third kappa shape index (κ3) is 2.32. The van der Waals surface area contributed by atoms with Gasteiger partial charge in [0.25, 0.3) is 0 Å². The molecule has 0 saturated carbocycles. The molecule has 3 rings (SSSR count). The molecule has 90 valence electrons. The van der Waals surface area contributed by atoms with Crippen LogP contribution >= 0.6 is 0 Å². The fourth-order valence-corrected chi connectivity index (χ4v) is 2.11. The first-order valence-corrected chi connectivity index (χ1v) is 6.15. The van der Waals surface area contributed by atoms with Crippen molar-refractivity contribution in [2.75, 3.05) is 6.61 Å². The summed E-state index contributed by atoms with van der Waals surface area (Å²) in [4.78, 5) is 0. The van der Waals surface area contributed by atoms with Gasteiger partial charge in [0.05, 0.1) is 6.61 Å². The van der Waals surface area contributed by atoms with Crippen LogP contribution in [-0.2, 0) is 9.47 Å². The van der Waals surface area contributed by atoms with E-state index in [2.05, 4.69) is 11.8 Å². The van der Waals surface area contributed by atoms with E-state index in [9.17, 15) is 0 Å². The van der Waals surface area contributed by atoms with E-state index in [1.807, 2.05) is 42.5 Å². The molecular weight excluding hydrogens is 224 g/mol. The Kier molecular flexibility index (Phi) is 2.92. The third-order valence-corrected chi connectivity index (χ3v) is 3.01. The van der Waals surface area contributed by atoms with Gasteiger partial charge < -0.3 is 9.47 Å². The maximum Gasteiger partial charge on any atom is 0.230 e. The molecule has 2 aliphatic rings. The summed E-state index contributed by atoms with van der Waals surface area (Å²) in [5.74, 6) is 6.35. The van der Waals surface area contributed by atoms with Crippen molar-refractivity contribution >= 4 is 0 Å². The minimum Gasteiger partial charge on any atom is -0.458 e. The summed E-state index contributed by atoms with van der Waals surface area (Å²) in [6, 6.07) is 9.90. The Hall–Kier alpha value is -1.98. The van der Waals surface area contributed by atoms with Crippen molar-refractivity contribution in [2.45, 2.75) is 18.6 Å². The molecule has 0 bridgehead atoms. The zero-order valence-corrected chi connectivity index (χ0v) is 10.1. The van der Waals surface area contributed by atoms with Crippen molar-refractivity contribution in [3.63, 3.8) is 0 Å². The second-order valence-electron chi connectivity index (χ2n) is 4.38. The van der Waals surface area contributed by atoms with Gasteiger partial charge in [0, 0.05) is 18.1 Å². The fourth-order valence-electron chi connectivity index (χ4n) is 2.11. The molecule has 2 nitrogen and oxygen atoms in total. The highest BCUT2D eigenvalue weighted by atomic mass is 16.7. The zero-order chi connectivity index (χ0) is 12.3. The molecule has 2 heteroatoms. The molecule has 2 heterocycles. The Morgan fingerprint density at radius 2 is 2.11 bits per heavy atom. The molecule has 1 unspecified atom stereocenters. The topological polar surface area (TPSA) is 18.5 Å². The highest BCUT2D eigenvalue weighted by molar-refractivity contribution is 5.39. The number of ether oxygens (including phenoxy) is 2. The van der Waals surface area contributed by atoms with Gasteiger partial charge in [-0.05, 0) is 30.7 Å². The standard InChI is InChI=1S/C16H14O2/c1-2-6-14(7-3-1)8-4-9-15-10-12-16(18-15)11-5-13-17-16/h1-3,6-7,9-10,12H,5,11,13H2/b15-9+. The number of rotatable bonds is 0. The molecule has 2 aliphatic heterocycles. The van der Waals surface area contributed by atoms with Gasteiger partial charge in [-0.1, -0.05) is 30.0 Å². The van der Waals surface area contributed by atoms with E-state index in [0.29, 0.717) is 0 Å². The summed E-state index contributed by atoms with van der Waals surface area (Å²) in [5.41, 5.74) is 1.00. The lowest BCUT2D eigenvalue weighted by Crippen LogP contribution is -2.24. The summed E-state index contributed by atoms with van der Waals surface area (Å²) >= 11 is 0. The first kappa shape index (κ1) is 11.1. The van der Waals surface area contributed by atoms with Crippen LogP contribution < -0.4 is 0 Å². The third-order valence-electron chi connectivity index (χ3n) is 3.01. The van der Waals surface area contributed by atoms with E-state index in [1.165, 1.54) is 0 Å². The fraction of sp³-hybridized carbons (Fsp3) is 0.250. The maximum atomic E-state index is 5.77. The zero-order valence-electron chi connectivity index (χ0n) is 10.1. The lowest BCUT2D eigenvalue weighted by atomic mass is 10.2. The molecule has 1 saturated heterocycles. The first-order valence-electron chi connectivity index (χ1n) is 6.15. The molecule has 1 aromatic carbocycles. The van der Waals surface area contributed by atoms with Crippen LogP contribution in [0.1, 0.15) is 18.4 Å². The van der Waals surface area contributed by atoms with Crippen LogP contribution in [0.2, 0.25) is 0 Å². The maximum absolute atomic E-state index is 5.77. The van der Waals surface area contributed by atoms with Crippen LogP contribution in [0.3, 0.4) is 0 Å². The molecule has 0 aromatic heterocycles. The van der Waals surface area contributed by atoms with Crippen LogP contribution in [0.4, 0.5) is 0 Å². The lowest BCUT2D eigenvalue weighted by molar-refractivity contribution is -0.135. The summed E-state index contributed by atoms with van der Waals surface area (Å²) in [5, 5.41) is 0. The molecule has 1 spiro atoms. The summed E-state index contributed by atoms with van der Waals surface area (Å²) in [6.07, 6.45) is 7.68. The van der Waals surface area contributed by atoms with E-state index in [-0.39, 0.29) is 0 Å². The van der Waals surface area contributed by atoms with Gasteiger partial charge in [0.2, 0.25) is 5.79 Å². The summed E-state index contributed by atoms with van der Waals surface area (Å²) in [6.45, 7) is 0.771. The van der Waals surface area contributed by atoms with Gasteiger partial charge in [0.1, 0.15) is 5.76 Å². The highest BCUT2D eigenvalue weighted by Crippen LogP contribution is 2.35. The van der Waals surface area contributed by atoms with Crippen LogP contribution in [0.5, 0.6) is 0 Å². The summed E-state index contributed by atoms with van der Waals surface area (Å²) in [7, 11) is 0. The van der Waals surface area contributed by atoms with E-state index >= 15 is 0 Å². The van der Waals surface area contributed by atoms with Gasteiger partial charge in [-0.15, -0.1) is 0 Å². The van der Waals surface area contributed by atoms with Crippen molar-refractivity contribution in [3.05, 3.63) is 59.9 Å². The second kappa shape index (κ2) is 4.72. The van der Waals surface area contributed by atoms with Crippen molar-refractivity contribution in [1.29, 1.82) is 0 Å². The van der Waals surface area contributed by atoms with Crippen molar-refractivity contribution in [2.24, 2.45) is 0 Å². The van der Waals surface area contributed by atoms with Crippen LogP contribution in [-0.4, -0.2) is 12.4 Å². The molecule has 0 radical (unpaired) electrons. The van der Waals surface area contributed by atoms with E-state index in [0.717, 1.165) is 30.8 Å². The second-order valence-corrected chi connectivity index (χ2v) is 4.38. The largest absolute Gasteiger partial charge is 0.458 e. The van der Waals surface area contributed by atoms with Crippen LogP contribution in [0, 0.1) is 11.8 Å². The average Bonchev–Trinajstić information content (AvgIpc) is 3.02. The molecule has 1 aromatic rings. The van der Waals surface area contributed by atoms with Crippen molar-refractivity contribution < 1.29 is 9.47 Å². The Labute approximate surface area is 107 Å². The van der Waals surface area contributed by atoms with E-state index < -0.39 is 5.79 Å². The predicted molar refractivity (Wildman–Crippen MR) is 69.5 cm³/mol. The number of benzene rings is 1. The Bertz CT molecular complexity index is 537. The van der Waals surface area contributed by atoms with Crippen molar-refractivity contribution in [1.82, 2.24) is 0 Å². The molecule has 0 N–H and O–H groups in total. The Morgan fingerprint density at radius 3 is 2.89 bits per heavy atom. The van der Waals surface area contributed by atoms with Gasteiger partial charge >= 0.3 is 0 Å². The van der Waals surface area contributed by atoms with E-state index in [1.54, 1.807) is 6.08 Å². The summed E-state index contributed by atoms with van der Waals surface area (Å²) < 4.78 is 11.4. The molecule has 1 atom stereocenters. The molecule has 0 amide bonds. The monoisotopic (exact) mass is 238 g/mol. The molecular formula is C16H14O2. The average molecular weight is 238 g/mol. The van der Waals surface area contributed by atoms with E-state index in [4.69, 9.17) is 9.47 Å². The number of hydrogen-bond donors (Lipinski definition) is 0. The normalized spacial score (nSPS) is 27.2. The number of allylic oxidation sites excluding steroid dienone is 2. The Morgan fingerprint density at radius 1 is 1.22 bits per heavy atom. The van der Waals surface area contributed by atoms with Crippen molar-refractivity contribution in [3.8, 4) is 11.8 Å². The van der Waals surface area contributed by atoms with Gasteiger partial charge in [-0.25, -0.2) is 0 Å². The highest BCUT2D eigenvalue weighted by Gasteiger charge is 2.38. The quantitative estimate of drug-likeness (QED) is 0.647. The van der Waals surface area contributed by atoms with Gasteiger partial charge in [-0.3, -0.25) is 0 Å². The smallest absolute Gasteiger partial charge is 0.230 e. The lowest BCUT2D eigenvalue weighted by Gasteiger charge is -2.20. The molecule has 18 heavy (non-hydrogen) atoms. The predicted octanol–water partition coefficient (Wildman–Crippen LogP) is 3.02. The van der Waals surface area contributed by atoms with Gasteiger partial charge in [-0.2, -0.15) is 0 Å². The minimum atomic E-state index is -0.500. The van der Waals surface area contributed by atoms with Gasteiger partial charge in [0.15, 0.2) is 0 Å².